The van der Waals surface area contributed by atoms with Gasteiger partial charge in [-0.05, 0) is 94.3 Å². The number of hydrogen-bond acceptors (Lipinski definition) is 1. The smallest absolute Gasteiger partial charge is 0.159 e. The molecule has 1 saturated heterocycles. The van der Waals surface area contributed by atoms with Gasteiger partial charge in [0.05, 0.1) is 0 Å². The lowest BCUT2D eigenvalue weighted by molar-refractivity contribution is -0.0107. The predicted octanol–water partition coefficient (Wildman–Crippen LogP) is 8.65. The maximum atomic E-state index is 15.5. The Morgan fingerprint density at radius 2 is 1.24 bits per heavy atom. The Morgan fingerprint density at radius 3 is 1.76 bits per heavy atom. The first kappa shape index (κ1) is 27.4. The molecule has 33 heavy (non-hydrogen) atoms. The minimum absolute atomic E-state index is 0. The second-order valence-corrected chi connectivity index (χ2v) is 12.3. The van der Waals surface area contributed by atoms with Gasteiger partial charge in [-0.1, -0.05) is 65.2 Å². The van der Waals surface area contributed by atoms with Crippen molar-refractivity contribution in [3.8, 4) is 0 Å². The number of hydrogen-bond donors (Lipinski definition) is 0. The van der Waals surface area contributed by atoms with Gasteiger partial charge in [0.1, 0.15) is 17.9 Å². The molecule has 3 unspecified atom stereocenters. The first-order valence-electron chi connectivity index (χ1n) is 14.4. The van der Waals surface area contributed by atoms with Crippen LogP contribution >= 0.6 is 0 Å². The maximum absolute atomic E-state index is 15.5. The topological polar surface area (TPSA) is 44.0 Å². The van der Waals surface area contributed by atoms with E-state index in [1.807, 2.05) is 6.92 Å². The van der Waals surface area contributed by atoms with E-state index in [0.717, 1.165) is 37.0 Å². The van der Waals surface area contributed by atoms with Crippen LogP contribution in [-0.2, 0) is 4.74 Å². The Balaban J connectivity index is 0.00000204. The summed E-state index contributed by atoms with van der Waals surface area (Å²) in [5, 5.41) is 0. The van der Waals surface area contributed by atoms with E-state index in [4.69, 9.17) is 4.74 Å². The zero-order chi connectivity index (χ0) is 22.8. The number of halogens is 2. The summed E-state index contributed by atoms with van der Waals surface area (Å²) in [5.74, 6) is 3.54. The van der Waals surface area contributed by atoms with Gasteiger partial charge >= 0.3 is 0 Å². The molecule has 4 rings (SSSR count). The summed E-state index contributed by atoms with van der Waals surface area (Å²) in [6.45, 7) is 6.48. The fraction of sp³-hybridized carbons (Fsp3) is 1.00. The number of rotatable bonds is 9. The molecular weight excluding hydrogens is 418 g/mol. The molecular formula is C29H56F2O2. The van der Waals surface area contributed by atoms with Gasteiger partial charge in [-0.2, -0.15) is 0 Å². The van der Waals surface area contributed by atoms with Gasteiger partial charge in [0.15, 0.2) is 5.60 Å². The average molecular weight is 475 g/mol. The molecule has 2 nitrogen and oxygen atoms in total. The highest BCUT2D eigenvalue weighted by Gasteiger charge is 2.76. The molecule has 3 aliphatic carbocycles. The van der Waals surface area contributed by atoms with Gasteiger partial charge < -0.3 is 10.2 Å². The maximum Gasteiger partial charge on any atom is 0.159 e. The average Bonchev–Trinajstić information content (AvgIpc) is 3.43. The van der Waals surface area contributed by atoms with Crippen molar-refractivity contribution in [1.29, 1.82) is 0 Å². The summed E-state index contributed by atoms with van der Waals surface area (Å²) in [6.07, 6.45) is 17.7. The highest BCUT2D eigenvalue weighted by molar-refractivity contribution is 5.23. The fourth-order valence-electron chi connectivity index (χ4n) is 8.28. The van der Waals surface area contributed by atoms with E-state index < -0.39 is 23.5 Å². The fourth-order valence-corrected chi connectivity index (χ4v) is 8.28. The van der Waals surface area contributed by atoms with E-state index in [9.17, 15) is 0 Å². The molecule has 1 spiro atoms. The number of alkyl halides is 2. The van der Waals surface area contributed by atoms with Gasteiger partial charge in [-0.3, -0.25) is 0 Å². The van der Waals surface area contributed by atoms with E-state index in [-0.39, 0.29) is 14.2 Å². The van der Waals surface area contributed by atoms with Crippen molar-refractivity contribution in [3.63, 3.8) is 0 Å². The van der Waals surface area contributed by atoms with Gasteiger partial charge in [0, 0.05) is 2.85 Å². The molecule has 1 aliphatic heterocycles. The van der Waals surface area contributed by atoms with Crippen LogP contribution in [0.2, 0.25) is 0 Å². The van der Waals surface area contributed by atoms with Gasteiger partial charge in [-0.25, -0.2) is 8.78 Å². The number of ether oxygens (including phenoxy) is 1. The third kappa shape index (κ3) is 5.63. The minimum Gasteiger partial charge on any atom is -0.412 e. The first-order valence-corrected chi connectivity index (χ1v) is 14.4. The zero-order valence-corrected chi connectivity index (χ0v) is 21.7. The van der Waals surface area contributed by atoms with Crippen LogP contribution in [-0.4, -0.2) is 29.0 Å². The summed E-state index contributed by atoms with van der Waals surface area (Å²) in [7, 11) is 0. The second-order valence-electron chi connectivity index (χ2n) is 12.3. The Kier molecular flexibility index (Phi) is 9.68. The molecule has 0 aromatic rings. The summed E-state index contributed by atoms with van der Waals surface area (Å²) in [6, 6.07) is 0. The van der Waals surface area contributed by atoms with E-state index >= 15 is 8.78 Å². The Morgan fingerprint density at radius 1 is 0.727 bits per heavy atom. The Labute approximate surface area is 205 Å². The largest absolute Gasteiger partial charge is 0.412 e. The van der Waals surface area contributed by atoms with E-state index in [0.29, 0.717) is 18.8 Å². The molecule has 198 valence electrons. The van der Waals surface area contributed by atoms with Crippen LogP contribution in [0.5, 0.6) is 0 Å². The molecule has 0 aromatic heterocycles. The molecule has 3 atom stereocenters. The normalized spacial score (nSPS) is 45.5. The standard InChI is InChI=1S/C29H50F2O.H2O.2H2/c1-4-6-7-8-18-28(3)29(32-28)26(30)19-25(20-27(29)31)24-16-14-23(15-17-24)22-12-10-21(9-5-2)11-13-22;;;/h21-27H,4-20H2,1-3H3;1H2;2*1H. The lowest BCUT2D eigenvalue weighted by atomic mass is 9.63. The predicted molar refractivity (Wildman–Crippen MR) is 137 cm³/mol. The minimum atomic E-state index is -1.13. The molecule has 2 N–H and O–H groups in total. The van der Waals surface area contributed by atoms with E-state index in [1.54, 1.807) is 0 Å². The molecule has 0 amide bonds. The molecule has 4 aliphatic rings. The molecule has 0 aromatic carbocycles. The highest BCUT2D eigenvalue weighted by atomic mass is 19.1. The molecule has 1 heterocycles. The van der Waals surface area contributed by atoms with Crippen LogP contribution in [0.15, 0.2) is 0 Å². The highest BCUT2D eigenvalue weighted by Crippen LogP contribution is 2.62. The van der Waals surface area contributed by atoms with Crippen molar-refractivity contribution in [3.05, 3.63) is 0 Å². The van der Waals surface area contributed by atoms with Crippen LogP contribution in [0.4, 0.5) is 8.78 Å². The van der Waals surface area contributed by atoms with Crippen LogP contribution in [0.25, 0.3) is 0 Å². The molecule has 3 saturated carbocycles. The van der Waals surface area contributed by atoms with Gasteiger partial charge in [0.25, 0.3) is 0 Å². The second kappa shape index (κ2) is 11.7. The van der Waals surface area contributed by atoms with Crippen LogP contribution in [0.1, 0.15) is 133 Å². The molecule has 0 radical (unpaired) electrons. The summed E-state index contributed by atoms with van der Waals surface area (Å²) in [4.78, 5) is 0. The Bertz CT molecular complexity index is 581. The first-order chi connectivity index (χ1) is 15.4. The van der Waals surface area contributed by atoms with Crippen molar-refractivity contribution >= 4 is 0 Å². The summed E-state index contributed by atoms with van der Waals surface area (Å²) >= 11 is 0. The van der Waals surface area contributed by atoms with Crippen molar-refractivity contribution in [2.45, 2.75) is 153 Å². The van der Waals surface area contributed by atoms with Crippen LogP contribution in [0, 0.1) is 29.6 Å². The Hall–Kier alpha value is -0.220. The third-order valence-electron chi connectivity index (χ3n) is 10.4. The molecule has 0 bridgehead atoms. The van der Waals surface area contributed by atoms with Gasteiger partial charge in [0.2, 0.25) is 0 Å². The quantitative estimate of drug-likeness (QED) is 0.243. The molecule has 4 heteroatoms. The van der Waals surface area contributed by atoms with Crippen molar-refractivity contribution in [1.82, 2.24) is 0 Å². The lowest BCUT2D eigenvalue weighted by Crippen LogP contribution is -2.49. The van der Waals surface area contributed by atoms with Crippen LogP contribution in [0.3, 0.4) is 0 Å². The van der Waals surface area contributed by atoms with Crippen molar-refractivity contribution in [2.75, 3.05) is 0 Å². The third-order valence-corrected chi connectivity index (χ3v) is 10.4. The zero-order valence-electron chi connectivity index (χ0n) is 21.7. The van der Waals surface area contributed by atoms with Crippen molar-refractivity contribution in [2.24, 2.45) is 29.6 Å². The van der Waals surface area contributed by atoms with Crippen LogP contribution < -0.4 is 0 Å². The van der Waals surface area contributed by atoms with E-state index in [1.165, 1.54) is 77.0 Å². The molecule has 4 fully saturated rings. The monoisotopic (exact) mass is 474 g/mol. The lowest BCUT2D eigenvalue weighted by Gasteiger charge is -2.43. The number of epoxide rings is 1. The van der Waals surface area contributed by atoms with Crippen molar-refractivity contribution < 1.29 is 21.8 Å². The SMILES string of the molecule is CCCCCCC1(C)OC12C(F)CC(C1CCC(C3CCC(CCC)CC3)CC1)CC2F.O.[HH].[HH]. The van der Waals surface area contributed by atoms with E-state index in [2.05, 4.69) is 13.8 Å². The summed E-state index contributed by atoms with van der Waals surface area (Å²) in [5.41, 5.74) is -1.69. The summed E-state index contributed by atoms with van der Waals surface area (Å²) < 4.78 is 36.8. The number of unbranched alkanes of at least 4 members (excludes halogenated alkanes) is 3. The van der Waals surface area contributed by atoms with Gasteiger partial charge in [-0.15, -0.1) is 0 Å².